The number of halogens is 2. The van der Waals surface area contributed by atoms with E-state index in [0.717, 1.165) is 25.9 Å². The van der Waals surface area contributed by atoms with Crippen molar-refractivity contribution in [2.45, 2.75) is 18.9 Å². The van der Waals surface area contributed by atoms with Gasteiger partial charge in [0.1, 0.15) is 5.82 Å². The monoisotopic (exact) mass is 256 g/mol. The SMILES string of the molecule is O=C(NC1CCNCC1)c1ccc(Cl)c(F)c1. The second-order valence-electron chi connectivity index (χ2n) is 4.13. The summed E-state index contributed by atoms with van der Waals surface area (Å²) < 4.78 is 13.2. The van der Waals surface area contributed by atoms with Crippen LogP contribution in [0.15, 0.2) is 18.2 Å². The van der Waals surface area contributed by atoms with Gasteiger partial charge in [-0.1, -0.05) is 11.6 Å². The first-order valence-corrected chi connectivity index (χ1v) is 6.01. The van der Waals surface area contributed by atoms with Crippen LogP contribution >= 0.6 is 11.6 Å². The Morgan fingerprint density at radius 1 is 1.41 bits per heavy atom. The summed E-state index contributed by atoms with van der Waals surface area (Å²) >= 11 is 5.56. The van der Waals surface area contributed by atoms with E-state index in [9.17, 15) is 9.18 Å². The highest BCUT2D eigenvalue weighted by atomic mass is 35.5. The quantitative estimate of drug-likeness (QED) is 0.849. The normalized spacial score (nSPS) is 16.8. The van der Waals surface area contributed by atoms with Gasteiger partial charge in [-0.2, -0.15) is 0 Å². The van der Waals surface area contributed by atoms with Crippen molar-refractivity contribution in [2.24, 2.45) is 0 Å². The average molecular weight is 257 g/mol. The third kappa shape index (κ3) is 3.17. The number of amides is 1. The molecule has 1 saturated heterocycles. The maximum absolute atomic E-state index is 13.2. The molecule has 1 fully saturated rings. The van der Waals surface area contributed by atoms with Gasteiger partial charge in [0, 0.05) is 11.6 Å². The Hall–Kier alpha value is -1.13. The molecule has 92 valence electrons. The van der Waals surface area contributed by atoms with E-state index in [4.69, 9.17) is 11.6 Å². The number of nitrogens with one attached hydrogen (secondary N) is 2. The van der Waals surface area contributed by atoms with E-state index in [1.165, 1.54) is 18.2 Å². The van der Waals surface area contributed by atoms with E-state index < -0.39 is 5.82 Å². The molecule has 1 aliphatic rings. The van der Waals surface area contributed by atoms with E-state index >= 15 is 0 Å². The third-order valence-corrected chi connectivity index (χ3v) is 3.16. The molecule has 0 bridgehead atoms. The topological polar surface area (TPSA) is 41.1 Å². The number of carbonyl (C=O) groups is 1. The highest BCUT2D eigenvalue weighted by molar-refractivity contribution is 6.30. The van der Waals surface area contributed by atoms with Crippen LogP contribution in [0.2, 0.25) is 5.02 Å². The van der Waals surface area contributed by atoms with Gasteiger partial charge in [-0.25, -0.2) is 4.39 Å². The highest BCUT2D eigenvalue weighted by Gasteiger charge is 2.16. The first-order valence-electron chi connectivity index (χ1n) is 5.63. The highest BCUT2D eigenvalue weighted by Crippen LogP contribution is 2.15. The molecular weight excluding hydrogens is 243 g/mol. The molecule has 0 spiro atoms. The van der Waals surface area contributed by atoms with Crippen molar-refractivity contribution >= 4 is 17.5 Å². The van der Waals surface area contributed by atoms with Crippen LogP contribution in [0, 0.1) is 5.82 Å². The van der Waals surface area contributed by atoms with Crippen molar-refractivity contribution in [3.05, 3.63) is 34.6 Å². The van der Waals surface area contributed by atoms with E-state index in [1.54, 1.807) is 0 Å². The Morgan fingerprint density at radius 2 is 2.12 bits per heavy atom. The summed E-state index contributed by atoms with van der Waals surface area (Å²) in [6.45, 7) is 1.81. The summed E-state index contributed by atoms with van der Waals surface area (Å²) in [5, 5.41) is 6.14. The Labute approximate surface area is 104 Å². The fourth-order valence-electron chi connectivity index (χ4n) is 1.87. The van der Waals surface area contributed by atoms with Crippen molar-refractivity contribution in [1.82, 2.24) is 10.6 Å². The van der Waals surface area contributed by atoms with Crippen LogP contribution in [0.25, 0.3) is 0 Å². The molecular formula is C12H14ClFN2O. The van der Waals surface area contributed by atoms with Gasteiger partial charge in [-0.3, -0.25) is 4.79 Å². The molecule has 0 saturated carbocycles. The zero-order chi connectivity index (χ0) is 12.3. The summed E-state index contributed by atoms with van der Waals surface area (Å²) in [4.78, 5) is 11.8. The number of piperidine rings is 1. The fraction of sp³-hybridized carbons (Fsp3) is 0.417. The zero-order valence-electron chi connectivity index (χ0n) is 9.30. The number of benzene rings is 1. The predicted molar refractivity (Wildman–Crippen MR) is 64.8 cm³/mol. The van der Waals surface area contributed by atoms with Crippen molar-refractivity contribution in [1.29, 1.82) is 0 Å². The minimum absolute atomic E-state index is 0.0309. The number of hydrogen-bond donors (Lipinski definition) is 2. The van der Waals surface area contributed by atoms with Gasteiger partial charge in [-0.05, 0) is 44.1 Å². The minimum atomic E-state index is -0.565. The summed E-state index contributed by atoms with van der Waals surface area (Å²) in [6, 6.07) is 4.26. The molecule has 1 aliphatic heterocycles. The van der Waals surface area contributed by atoms with Crippen LogP contribution in [0.5, 0.6) is 0 Å². The van der Waals surface area contributed by atoms with Gasteiger partial charge >= 0.3 is 0 Å². The van der Waals surface area contributed by atoms with E-state index in [2.05, 4.69) is 10.6 Å². The molecule has 3 nitrogen and oxygen atoms in total. The molecule has 1 aromatic carbocycles. The molecule has 5 heteroatoms. The summed E-state index contributed by atoms with van der Waals surface area (Å²) in [6.07, 6.45) is 1.81. The van der Waals surface area contributed by atoms with Gasteiger partial charge in [0.05, 0.1) is 5.02 Å². The summed E-state index contributed by atoms with van der Waals surface area (Å²) in [5.74, 6) is -0.808. The molecule has 1 aromatic rings. The van der Waals surface area contributed by atoms with Crippen molar-refractivity contribution in [3.8, 4) is 0 Å². The predicted octanol–water partition coefficient (Wildman–Crippen LogP) is 1.96. The fourth-order valence-corrected chi connectivity index (χ4v) is 1.99. The van der Waals surface area contributed by atoms with Gasteiger partial charge in [0.15, 0.2) is 0 Å². The Morgan fingerprint density at radius 3 is 2.76 bits per heavy atom. The maximum Gasteiger partial charge on any atom is 0.251 e. The van der Waals surface area contributed by atoms with Gasteiger partial charge < -0.3 is 10.6 Å². The Balaban J connectivity index is 2.01. The van der Waals surface area contributed by atoms with Gasteiger partial charge in [-0.15, -0.1) is 0 Å². The summed E-state index contributed by atoms with van der Waals surface area (Å²) in [5.41, 5.74) is 0.311. The lowest BCUT2D eigenvalue weighted by Crippen LogP contribution is -2.42. The maximum atomic E-state index is 13.2. The number of hydrogen-bond acceptors (Lipinski definition) is 2. The van der Waals surface area contributed by atoms with E-state index in [1.807, 2.05) is 0 Å². The van der Waals surface area contributed by atoms with Crippen LogP contribution in [-0.4, -0.2) is 25.0 Å². The molecule has 0 aliphatic carbocycles. The van der Waals surface area contributed by atoms with E-state index in [-0.39, 0.29) is 17.0 Å². The third-order valence-electron chi connectivity index (χ3n) is 2.86. The molecule has 2 rings (SSSR count). The van der Waals surface area contributed by atoms with Crippen LogP contribution < -0.4 is 10.6 Å². The van der Waals surface area contributed by atoms with Crippen LogP contribution in [-0.2, 0) is 0 Å². The Kier molecular flexibility index (Phi) is 3.97. The number of carbonyl (C=O) groups excluding carboxylic acids is 1. The lowest BCUT2D eigenvalue weighted by atomic mass is 10.1. The lowest BCUT2D eigenvalue weighted by Gasteiger charge is -2.23. The van der Waals surface area contributed by atoms with Crippen molar-refractivity contribution in [2.75, 3.05) is 13.1 Å². The molecule has 1 amide bonds. The molecule has 0 aromatic heterocycles. The molecule has 2 N–H and O–H groups in total. The second kappa shape index (κ2) is 5.47. The molecule has 17 heavy (non-hydrogen) atoms. The minimum Gasteiger partial charge on any atom is -0.349 e. The number of rotatable bonds is 2. The van der Waals surface area contributed by atoms with Crippen molar-refractivity contribution in [3.63, 3.8) is 0 Å². The zero-order valence-corrected chi connectivity index (χ0v) is 10.1. The molecule has 0 radical (unpaired) electrons. The van der Waals surface area contributed by atoms with E-state index in [0.29, 0.717) is 5.56 Å². The molecule has 0 atom stereocenters. The second-order valence-corrected chi connectivity index (χ2v) is 4.53. The van der Waals surface area contributed by atoms with Crippen LogP contribution in [0.4, 0.5) is 4.39 Å². The largest absolute Gasteiger partial charge is 0.349 e. The standard InChI is InChI=1S/C12H14ClFN2O/c13-10-2-1-8(7-11(10)14)12(17)16-9-3-5-15-6-4-9/h1-2,7,9,15H,3-6H2,(H,16,17). The molecule has 0 unspecified atom stereocenters. The molecule has 1 heterocycles. The van der Waals surface area contributed by atoms with Gasteiger partial charge in [0.2, 0.25) is 0 Å². The Bertz CT molecular complexity index is 419. The average Bonchev–Trinajstić information content (AvgIpc) is 2.34. The van der Waals surface area contributed by atoms with Crippen LogP contribution in [0.1, 0.15) is 23.2 Å². The summed E-state index contributed by atoms with van der Waals surface area (Å²) in [7, 11) is 0. The van der Waals surface area contributed by atoms with Gasteiger partial charge in [0.25, 0.3) is 5.91 Å². The first-order chi connectivity index (χ1) is 8.16. The van der Waals surface area contributed by atoms with Crippen LogP contribution in [0.3, 0.4) is 0 Å². The van der Waals surface area contributed by atoms with Crippen molar-refractivity contribution < 1.29 is 9.18 Å². The smallest absolute Gasteiger partial charge is 0.251 e. The first kappa shape index (κ1) is 12.3. The lowest BCUT2D eigenvalue weighted by molar-refractivity contribution is 0.0929.